The van der Waals surface area contributed by atoms with Crippen molar-refractivity contribution in [2.75, 3.05) is 5.32 Å². The first kappa shape index (κ1) is 15.2. The third-order valence-corrected chi connectivity index (χ3v) is 3.40. The number of alkyl halides is 3. The molecule has 0 spiro atoms. The zero-order valence-corrected chi connectivity index (χ0v) is 11.9. The van der Waals surface area contributed by atoms with Crippen molar-refractivity contribution < 1.29 is 17.9 Å². The van der Waals surface area contributed by atoms with E-state index in [1.165, 1.54) is 18.2 Å². The molecule has 1 heterocycles. The molecular formula is C16H12F3N3O. The van der Waals surface area contributed by atoms with Crippen molar-refractivity contribution >= 4 is 11.5 Å². The van der Waals surface area contributed by atoms with E-state index in [0.717, 1.165) is 18.5 Å². The number of hydrogen-bond donors (Lipinski definition) is 1. The smallest absolute Gasteiger partial charge is 0.404 e. The zero-order valence-electron chi connectivity index (χ0n) is 11.9. The van der Waals surface area contributed by atoms with Crippen molar-refractivity contribution in [3.8, 4) is 11.8 Å². The van der Waals surface area contributed by atoms with Gasteiger partial charge in [-0.25, -0.2) is 4.98 Å². The molecule has 0 bridgehead atoms. The average molecular weight is 319 g/mol. The van der Waals surface area contributed by atoms with Crippen LogP contribution in [0.1, 0.15) is 30.0 Å². The van der Waals surface area contributed by atoms with Gasteiger partial charge in [-0.1, -0.05) is 12.1 Å². The number of nitriles is 1. The van der Waals surface area contributed by atoms with Crippen molar-refractivity contribution in [3.05, 3.63) is 47.7 Å². The summed E-state index contributed by atoms with van der Waals surface area (Å²) in [6.45, 7) is 0. The standard InChI is InChI=1S/C16H12F3N3O/c17-16(18,19)23-14-4-2-1-3-13(14)22-15-11(9-20)7-8-12(21-15)10-5-6-10/h1-4,7-8,10H,5-6H2,(H,21,22). The lowest BCUT2D eigenvalue weighted by molar-refractivity contribution is -0.274. The summed E-state index contributed by atoms with van der Waals surface area (Å²) in [6.07, 6.45) is -2.72. The van der Waals surface area contributed by atoms with Gasteiger partial charge in [-0.15, -0.1) is 13.2 Å². The van der Waals surface area contributed by atoms with E-state index >= 15 is 0 Å². The maximum Gasteiger partial charge on any atom is 0.573 e. The van der Waals surface area contributed by atoms with Gasteiger partial charge in [0.2, 0.25) is 0 Å². The number of aromatic nitrogens is 1. The molecule has 0 unspecified atom stereocenters. The van der Waals surface area contributed by atoms with Crippen LogP contribution in [0.2, 0.25) is 0 Å². The predicted molar refractivity (Wildman–Crippen MR) is 77.3 cm³/mol. The van der Waals surface area contributed by atoms with Gasteiger partial charge in [-0.2, -0.15) is 5.26 Å². The summed E-state index contributed by atoms with van der Waals surface area (Å²) in [5.41, 5.74) is 1.19. The first-order valence-electron chi connectivity index (χ1n) is 6.99. The summed E-state index contributed by atoms with van der Waals surface area (Å²) in [6, 6.07) is 11.0. The van der Waals surface area contributed by atoms with Crippen molar-refractivity contribution in [1.29, 1.82) is 5.26 Å². The molecule has 4 nitrogen and oxygen atoms in total. The molecule has 1 aromatic heterocycles. The number of anilines is 2. The highest BCUT2D eigenvalue weighted by molar-refractivity contribution is 5.68. The van der Waals surface area contributed by atoms with E-state index in [9.17, 15) is 13.2 Å². The molecule has 1 saturated carbocycles. The number of nitrogens with one attached hydrogen (secondary N) is 1. The van der Waals surface area contributed by atoms with Crippen molar-refractivity contribution in [3.63, 3.8) is 0 Å². The Hall–Kier alpha value is -2.75. The maximum atomic E-state index is 12.5. The summed E-state index contributed by atoms with van der Waals surface area (Å²) in [7, 11) is 0. The Bertz CT molecular complexity index is 764. The number of nitrogens with zero attached hydrogens (tertiary/aromatic N) is 2. The molecule has 1 fully saturated rings. The van der Waals surface area contributed by atoms with E-state index < -0.39 is 6.36 Å². The summed E-state index contributed by atoms with van der Waals surface area (Å²) < 4.78 is 41.4. The minimum Gasteiger partial charge on any atom is -0.404 e. The SMILES string of the molecule is N#Cc1ccc(C2CC2)nc1Nc1ccccc1OC(F)(F)F. The van der Waals surface area contributed by atoms with E-state index in [4.69, 9.17) is 5.26 Å². The van der Waals surface area contributed by atoms with Crippen molar-refractivity contribution in [2.45, 2.75) is 25.1 Å². The fraction of sp³-hybridized carbons (Fsp3) is 0.250. The predicted octanol–water partition coefficient (Wildman–Crippen LogP) is 4.47. The highest BCUT2D eigenvalue weighted by Gasteiger charge is 2.32. The third kappa shape index (κ3) is 3.72. The molecule has 118 valence electrons. The Morgan fingerprint density at radius 3 is 2.57 bits per heavy atom. The van der Waals surface area contributed by atoms with E-state index in [0.29, 0.717) is 5.92 Å². The molecule has 2 aromatic rings. The molecule has 0 amide bonds. The maximum absolute atomic E-state index is 12.5. The molecule has 0 radical (unpaired) electrons. The van der Waals surface area contributed by atoms with Crippen molar-refractivity contribution in [2.24, 2.45) is 0 Å². The fourth-order valence-corrected chi connectivity index (χ4v) is 2.18. The summed E-state index contributed by atoms with van der Waals surface area (Å²) in [5.74, 6) is 0.225. The van der Waals surface area contributed by atoms with Gasteiger partial charge < -0.3 is 10.1 Å². The second kappa shape index (κ2) is 5.80. The molecule has 1 aliphatic carbocycles. The average Bonchev–Trinajstić information content (AvgIpc) is 3.32. The molecule has 3 rings (SSSR count). The van der Waals surface area contributed by atoms with E-state index in [1.807, 2.05) is 6.07 Å². The van der Waals surface area contributed by atoms with Gasteiger partial charge in [0.05, 0.1) is 11.3 Å². The topological polar surface area (TPSA) is 57.9 Å². The van der Waals surface area contributed by atoms with E-state index in [1.54, 1.807) is 18.2 Å². The highest BCUT2D eigenvalue weighted by atomic mass is 19.4. The van der Waals surface area contributed by atoms with Crippen LogP contribution in [0.5, 0.6) is 5.75 Å². The molecule has 1 aromatic carbocycles. The lowest BCUT2D eigenvalue weighted by Crippen LogP contribution is -2.18. The molecule has 0 atom stereocenters. The molecule has 23 heavy (non-hydrogen) atoms. The summed E-state index contributed by atoms with van der Waals surface area (Å²) in [4.78, 5) is 4.37. The quantitative estimate of drug-likeness (QED) is 0.903. The van der Waals surface area contributed by atoms with Gasteiger partial charge in [-0.05, 0) is 37.1 Å². The van der Waals surface area contributed by atoms with Crippen LogP contribution in [0.15, 0.2) is 36.4 Å². The molecular weight excluding hydrogens is 307 g/mol. The highest BCUT2D eigenvalue weighted by Crippen LogP contribution is 2.40. The minimum atomic E-state index is -4.79. The summed E-state index contributed by atoms with van der Waals surface area (Å²) in [5, 5.41) is 11.9. The van der Waals surface area contributed by atoms with Crippen LogP contribution < -0.4 is 10.1 Å². The Morgan fingerprint density at radius 1 is 1.17 bits per heavy atom. The van der Waals surface area contributed by atoms with Gasteiger partial charge >= 0.3 is 6.36 Å². The van der Waals surface area contributed by atoms with Crippen LogP contribution in [0.25, 0.3) is 0 Å². The van der Waals surface area contributed by atoms with Crippen LogP contribution in [0.3, 0.4) is 0 Å². The first-order chi connectivity index (χ1) is 11.0. The second-order valence-corrected chi connectivity index (χ2v) is 5.19. The van der Waals surface area contributed by atoms with E-state index in [-0.39, 0.29) is 22.8 Å². The van der Waals surface area contributed by atoms with Gasteiger partial charge in [0.1, 0.15) is 11.9 Å². The van der Waals surface area contributed by atoms with Crippen LogP contribution >= 0.6 is 0 Å². The molecule has 0 saturated heterocycles. The molecule has 0 aliphatic heterocycles. The monoisotopic (exact) mass is 319 g/mol. The fourth-order valence-electron chi connectivity index (χ4n) is 2.18. The van der Waals surface area contributed by atoms with Crippen LogP contribution in [0.4, 0.5) is 24.7 Å². The molecule has 1 N–H and O–H groups in total. The Balaban J connectivity index is 1.93. The second-order valence-electron chi connectivity index (χ2n) is 5.19. The number of ether oxygens (including phenoxy) is 1. The van der Waals surface area contributed by atoms with E-state index in [2.05, 4.69) is 15.0 Å². The van der Waals surface area contributed by atoms with Crippen molar-refractivity contribution in [1.82, 2.24) is 4.98 Å². The lowest BCUT2D eigenvalue weighted by Gasteiger charge is -2.15. The van der Waals surface area contributed by atoms with Gasteiger partial charge in [-0.3, -0.25) is 0 Å². The van der Waals surface area contributed by atoms with Crippen LogP contribution in [-0.4, -0.2) is 11.3 Å². The molecule has 1 aliphatic rings. The Labute approximate surface area is 130 Å². The van der Waals surface area contributed by atoms with Gasteiger partial charge in [0, 0.05) is 11.6 Å². The number of pyridine rings is 1. The van der Waals surface area contributed by atoms with Crippen LogP contribution in [0, 0.1) is 11.3 Å². The number of hydrogen-bond acceptors (Lipinski definition) is 4. The number of para-hydroxylation sites is 2. The third-order valence-electron chi connectivity index (χ3n) is 3.40. The number of benzene rings is 1. The molecule has 7 heteroatoms. The Morgan fingerprint density at radius 2 is 1.91 bits per heavy atom. The zero-order chi connectivity index (χ0) is 16.4. The van der Waals surface area contributed by atoms with Gasteiger partial charge in [0.15, 0.2) is 5.75 Å². The Kier molecular flexibility index (Phi) is 3.82. The lowest BCUT2D eigenvalue weighted by atomic mass is 10.2. The van der Waals surface area contributed by atoms with Crippen LogP contribution in [-0.2, 0) is 0 Å². The normalized spacial score (nSPS) is 14.2. The minimum absolute atomic E-state index is 0.0989. The van der Waals surface area contributed by atoms with Gasteiger partial charge in [0.25, 0.3) is 0 Å². The number of halogens is 3. The number of rotatable bonds is 4. The largest absolute Gasteiger partial charge is 0.573 e. The summed E-state index contributed by atoms with van der Waals surface area (Å²) >= 11 is 0. The first-order valence-corrected chi connectivity index (χ1v) is 6.99.